The number of nitrogens with zero attached hydrogens (tertiary/aromatic N) is 1. The molecule has 0 radical (unpaired) electrons. The molecular weight excluding hydrogens is 162 g/mol. The topological polar surface area (TPSA) is 29.4 Å². The first-order chi connectivity index (χ1) is 6.16. The van der Waals surface area contributed by atoms with Crippen LogP contribution in [0.2, 0.25) is 0 Å². The van der Waals surface area contributed by atoms with Gasteiger partial charge in [0.25, 0.3) is 0 Å². The summed E-state index contributed by atoms with van der Waals surface area (Å²) in [4.78, 5) is 9.81. The van der Waals surface area contributed by atoms with E-state index in [1.54, 1.807) is 0 Å². The van der Waals surface area contributed by atoms with Crippen LogP contribution in [0.3, 0.4) is 0 Å². The third kappa shape index (κ3) is 9.51. The van der Waals surface area contributed by atoms with Crippen LogP contribution in [0, 0.1) is 16.7 Å². The lowest BCUT2D eigenvalue weighted by Gasteiger charge is -2.11. The van der Waals surface area contributed by atoms with Crippen LogP contribution in [0.1, 0.15) is 52.9 Å². The summed E-state index contributed by atoms with van der Waals surface area (Å²) in [6, 6.07) is 0. The molecule has 0 saturated carbocycles. The molecule has 0 spiro atoms. The molecule has 0 fully saturated rings. The molecule has 0 aromatic carbocycles. The van der Waals surface area contributed by atoms with E-state index < -0.39 is 0 Å². The molecule has 0 aromatic rings. The number of rotatable bonds is 8. The van der Waals surface area contributed by atoms with Crippen molar-refractivity contribution >= 4 is 0 Å². The average molecular weight is 185 g/mol. The molecule has 0 bridgehead atoms. The van der Waals surface area contributed by atoms with Gasteiger partial charge in [0.05, 0.1) is 6.54 Å². The molecule has 0 saturated heterocycles. The molecule has 13 heavy (non-hydrogen) atoms. The second-order valence-electron chi connectivity index (χ2n) is 4.42. The number of hydrogen-bond donors (Lipinski definition) is 0. The Morgan fingerprint density at radius 2 is 1.69 bits per heavy atom. The molecule has 78 valence electrons. The fourth-order valence-electron chi connectivity index (χ4n) is 1.43. The first kappa shape index (κ1) is 12.6. The third-order valence-corrected chi connectivity index (χ3v) is 2.43. The van der Waals surface area contributed by atoms with Crippen molar-refractivity contribution in [2.45, 2.75) is 52.9 Å². The third-order valence-electron chi connectivity index (χ3n) is 2.43. The van der Waals surface area contributed by atoms with Crippen LogP contribution < -0.4 is 0 Å². The van der Waals surface area contributed by atoms with Crippen LogP contribution in [0.15, 0.2) is 5.18 Å². The van der Waals surface area contributed by atoms with E-state index in [0.717, 1.165) is 24.7 Å². The minimum atomic E-state index is 0.497. The quantitative estimate of drug-likeness (QED) is 0.415. The normalized spacial score (nSPS) is 13.2. The van der Waals surface area contributed by atoms with Gasteiger partial charge in [0, 0.05) is 0 Å². The lowest BCUT2D eigenvalue weighted by molar-refractivity contribution is 0.415. The van der Waals surface area contributed by atoms with E-state index in [4.69, 9.17) is 0 Å². The highest BCUT2D eigenvalue weighted by Gasteiger charge is 2.03. The van der Waals surface area contributed by atoms with Crippen LogP contribution in [0.25, 0.3) is 0 Å². The van der Waals surface area contributed by atoms with Gasteiger partial charge in [-0.05, 0) is 18.3 Å². The summed E-state index contributed by atoms with van der Waals surface area (Å²) in [5.74, 6) is 1.63. The van der Waals surface area contributed by atoms with Crippen LogP contribution in [0.5, 0.6) is 0 Å². The zero-order chi connectivity index (χ0) is 10.1. The van der Waals surface area contributed by atoms with Gasteiger partial charge in [0.2, 0.25) is 0 Å². The van der Waals surface area contributed by atoms with E-state index in [2.05, 4.69) is 25.9 Å². The lowest BCUT2D eigenvalue weighted by Crippen LogP contribution is -1.98. The first-order valence-electron chi connectivity index (χ1n) is 5.46. The van der Waals surface area contributed by atoms with Crippen molar-refractivity contribution in [2.75, 3.05) is 6.54 Å². The van der Waals surface area contributed by atoms with E-state index >= 15 is 0 Å². The van der Waals surface area contributed by atoms with Gasteiger partial charge < -0.3 is 0 Å². The second kappa shape index (κ2) is 8.21. The number of nitroso groups, excluding NO2 is 1. The van der Waals surface area contributed by atoms with Gasteiger partial charge in [-0.25, -0.2) is 0 Å². The van der Waals surface area contributed by atoms with Crippen molar-refractivity contribution in [2.24, 2.45) is 17.0 Å². The largest absolute Gasteiger partial charge is 0.151 e. The average Bonchev–Trinajstić information content (AvgIpc) is 2.09. The maximum absolute atomic E-state index is 9.81. The van der Waals surface area contributed by atoms with Crippen molar-refractivity contribution in [1.82, 2.24) is 0 Å². The van der Waals surface area contributed by atoms with Crippen molar-refractivity contribution in [3.05, 3.63) is 4.91 Å². The maximum Gasteiger partial charge on any atom is 0.0811 e. The Morgan fingerprint density at radius 3 is 2.23 bits per heavy atom. The highest BCUT2D eigenvalue weighted by Crippen LogP contribution is 2.17. The number of hydrogen-bond acceptors (Lipinski definition) is 2. The molecule has 2 heteroatoms. The second-order valence-corrected chi connectivity index (χ2v) is 4.42. The Bertz CT molecular complexity index is 123. The molecule has 0 aliphatic rings. The maximum atomic E-state index is 9.81. The Kier molecular flexibility index (Phi) is 7.96. The van der Waals surface area contributed by atoms with Gasteiger partial charge in [-0.2, -0.15) is 4.91 Å². The zero-order valence-electron chi connectivity index (χ0n) is 9.25. The van der Waals surface area contributed by atoms with E-state index in [0.29, 0.717) is 6.54 Å². The summed E-state index contributed by atoms with van der Waals surface area (Å²) >= 11 is 0. The SMILES string of the molecule is CC(C)CCC(C)CCCCN=O. The first-order valence-corrected chi connectivity index (χ1v) is 5.46. The summed E-state index contributed by atoms with van der Waals surface area (Å²) in [5, 5.41) is 2.86. The predicted molar refractivity (Wildman–Crippen MR) is 57.7 cm³/mol. The summed E-state index contributed by atoms with van der Waals surface area (Å²) < 4.78 is 0. The van der Waals surface area contributed by atoms with E-state index in [1.807, 2.05) is 0 Å². The van der Waals surface area contributed by atoms with Crippen LogP contribution in [0.4, 0.5) is 0 Å². The Balaban J connectivity index is 3.19. The molecule has 0 aromatic heterocycles. The van der Waals surface area contributed by atoms with Crippen molar-refractivity contribution in [3.63, 3.8) is 0 Å². The van der Waals surface area contributed by atoms with E-state index in [1.165, 1.54) is 19.3 Å². The molecule has 2 nitrogen and oxygen atoms in total. The summed E-state index contributed by atoms with van der Waals surface area (Å²) in [5.41, 5.74) is 0. The summed E-state index contributed by atoms with van der Waals surface area (Å²) in [6.07, 6.45) is 6.03. The fourth-order valence-corrected chi connectivity index (χ4v) is 1.43. The Labute approximate surface area is 82.1 Å². The molecule has 0 rings (SSSR count). The smallest absolute Gasteiger partial charge is 0.0811 e. The molecule has 1 atom stereocenters. The molecule has 0 aliphatic heterocycles. The van der Waals surface area contributed by atoms with Crippen molar-refractivity contribution in [3.8, 4) is 0 Å². The highest BCUT2D eigenvalue weighted by atomic mass is 16.3. The fraction of sp³-hybridized carbons (Fsp3) is 1.00. The molecule has 1 unspecified atom stereocenters. The summed E-state index contributed by atoms with van der Waals surface area (Å²) in [7, 11) is 0. The van der Waals surface area contributed by atoms with E-state index in [9.17, 15) is 4.91 Å². The van der Waals surface area contributed by atoms with Crippen LogP contribution in [-0.2, 0) is 0 Å². The van der Waals surface area contributed by atoms with Crippen molar-refractivity contribution in [1.29, 1.82) is 0 Å². The highest BCUT2D eigenvalue weighted by molar-refractivity contribution is 4.56. The minimum absolute atomic E-state index is 0.497. The Morgan fingerprint density at radius 1 is 1.00 bits per heavy atom. The van der Waals surface area contributed by atoms with Crippen LogP contribution in [-0.4, -0.2) is 6.54 Å². The summed E-state index contributed by atoms with van der Waals surface area (Å²) in [6.45, 7) is 7.33. The molecule has 0 heterocycles. The van der Waals surface area contributed by atoms with E-state index in [-0.39, 0.29) is 0 Å². The van der Waals surface area contributed by atoms with Gasteiger partial charge in [-0.15, -0.1) is 0 Å². The number of unbranched alkanes of at least 4 members (excludes halogenated alkanes) is 1. The minimum Gasteiger partial charge on any atom is -0.151 e. The van der Waals surface area contributed by atoms with Gasteiger partial charge in [0.15, 0.2) is 0 Å². The standard InChI is InChI=1S/C11H23NO/c1-10(2)7-8-11(3)6-4-5-9-12-13/h10-11H,4-9H2,1-3H3. The monoisotopic (exact) mass is 185 g/mol. The lowest BCUT2D eigenvalue weighted by atomic mass is 9.95. The van der Waals surface area contributed by atoms with Gasteiger partial charge >= 0.3 is 0 Å². The molecule has 0 N–H and O–H groups in total. The predicted octanol–water partition coefficient (Wildman–Crippen LogP) is 4.00. The van der Waals surface area contributed by atoms with Crippen molar-refractivity contribution < 1.29 is 0 Å². The molecular formula is C11H23NO. The van der Waals surface area contributed by atoms with Gasteiger partial charge in [0.1, 0.15) is 0 Å². The van der Waals surface area contributed by atoms with Crippen LogP contribution >= 0.6 is 0 Å². The molecule has 0 amide bonds. The van der Waals surface area contributed by atoms with Gasteiger partial charge in [-0.3, -0.25) is 0 Å². The Hall–Kier alpha value is -0.400. The van der Waals surface area contributed by atoms with Gasteiger partial charge in [-0.1, -0.05) is 51.6 Å². The molecule has 0 aliphatic carbocycles. The zero-order valence-corrected chi connectivity index (χ0v) is 9.25.